The molecule has 0 spiro atoms. The Kier molecular flexibility index (Phi) is 7.81. The SMILES string of the molecule is CCNC(=NCCO)NC1CCN(Cc2cc(OC)cc(OC)c2)C1. The Morgan fingerprint density at radius 3 is 2.60 bits per heavy atom. The van der Waals surface area contributed by atoms with Crippen LogP contribution in [-0.2, 0) is 6.54 Å². The first-order chi connectivity index (χ1) is 12.2. The van der Waals surface area contributed by atoms with Crippen LogP contribution in [0.1, 0.15) is 18.9 Å². The molecule has 0 bridgehead atoms. The Morgan fingerprint density at radius 1 is 1.28 bits per heavy atom. The van der Waals surface area contributed by atoms with Crippen molar-refractivity contribution in [1.29, 1.82) is 0 Å². The lowest BCUT2D eigenvalue weighted by molar-refractivity contribution is 0.306. The zero-order valence-electron chi connectivity index (χ0n) is 15.4. The van der Waals surface area contributed by atoms with Crippen molar-refractivity contribution in [3.8, 4) is 11.5 Å². The quantitative estimate of drug-likeness (QED) is 0.476. The fourth-order valence-electron chi connectivity index (χ4n) is 2.99. The molecule has 1 aromatic rings. The van der Waals surface area contributed by atoms with E-state index in [1.807, 2.05) is 13.0 Å². The smallest absolute Gasteiger partial charge is 0.191 e. The summed E-state index contributed by atoms with van der Waals surface area (Å²) in [6, 6.07) is 6.34. The number of nitrogens with one attached hydrogen (secondary N) is 2. The molecule has 1 fully saturated rings. The van der Waals surface area contributed by atoms with Crippen molar-refractivity contribution in [2.75, 3.05) is 47.0 Å². The van der Waals surface area contributed by atoms with E-state index in [1.165, 1.54) is 5.56 Å². The first-order valence-electron chi connectivity index (χ1n) is 8.78. The largest absolute Gasteiger partial charge is 0.497 e. The molecule has 2 rings (SSSR count). The molecule has 0 saturated carbocycles. The first-order valence-corrected chi connectivity index (χ1v) is 8.78. The minimum Gasteiger partial charge on any atom is -0.497 e. The lowest BCUT2D eigenvalue weighted by Crippen LogP contribution is -2.44. The Morgan fingerprint density at radius 2 is 2.00 bits per heavy atom. The Bertz CT molecular complexity index is 543. The number of aliphatic hydroxyl groups excluding tert-OH is 1. The number of guanidine groups is 1. The highest BCUT2D eigenvalue weighted by molar-refractivity contribution is 5.80. The highest BCUT2D eigenvalue weighted by atomic mass is 16.5. The van der Waals surface area contributed by atoms with Crippen LogP contribution >= 0.6 is 0 Å². The average Bonchev–Trinajstić information content (AvgIpc) is 3.06. The van der Waals surface area contributed by atoms with Gasteiger partial charge in [-0.2, -0.15) is 0 Å². The summed E-state index contributed by atoms with van der Waals surface area (Å²) in [4.78, 5) is 6.75. The van der Waals surface area contributed by atoms with Gasteiger partial charge in [0.25, 0.3) is 0 Å². The van der Waals surface area contributed by atoms with Crippen LogP contribution in [0, 0.1) is 0 Å². The molecule has 25 heavy (non-hydrogen) atoms. The van der Waals surface area contributed by atoms with Crippen LogP contribution in [0.4, 0.5) is 0 Å². The second kappa shape index (κ2) is 10.1. The van der Waals surface area contributed by atoms with E-state index in [2.05, 4.69) is 32.7 Å². The van der Waals surface area contributed by atoms with E-state index >= 15 is 0 Å². The summed E-state index contributed by atoms with van der Waals surface area (Å²) in [6.07, 6.45) is 1.06. The van der Waals surface area contributed by atoms with Crippen LogP contribution in [0.3, 0.4) is 0 Å². The van der Waals surface area contributed by atoms with E-state index in [-0.39, 0.29) is 6.61 Å². The third kappa shape index (κ3) is 6.10. The minimum absolute atomic E-state index is 0.0606. The lowest BCUT2D eigenvalue weighted by atomic mass is 10.2. The number of ether oxygens (including phenoxy) is 2. The zero-order chi connectivity index (χ0) is 18.1. The number of aliphatic imine (C=N–C) groups is 1. The van der Waals surface area contributed by atoms with Crippen molar-refractivity contribution in [3.05, 3.63) is 23.8 Å². The molecule has 1 unspecified atom stereocenters. The number of likely N-dealkylation sites (tertiary alicyclic amines) is 1. The number of benzene rings is 1. The van der Waals surface area contributed by atoms with E-state index < -0.39 is 0 Å². The topological polar surface area (TPSA) is 78.4 Å². The predicted molar refractivity (Wildman–Crippen MR) is 99.4 cm³/mol. The van der Waals surface area contributed by atoms with Gasteiger partial charge in [-0.15, -0.1) is 0 Å². The van der Waals surface area contributed by atoms with Gasteiger partial charge in [-0.05, 0) is 31.0 Å². The highest BCUT2D eigenvalue weighted by Crippen LogP contribution is 2.24. The molecule has 7 heteroatoms. The molecular weight excluding hydrogens is 320 g/mol. The maximum absolute atomic E-state index is 8.94. The van der Waals surface area contributed by atoms with Crippen LogP contribution in [0.2, 0.25) is 0 Å². The van der Waals surface area contributed by atoms with Gasteiger partial charge in [-0.1, -0.05) is 0 Å². The molecule has 1 aliphatic heterocycles. The van der Waals surface area contributed by atoms with Gasteiger partial charge in [-0.25, -0.2) is 0 Å². The summed E-state index contributed by atoms with van der Waals surface area (Å²) in [7, 11) is 3.34. The number of hydrogen-bond acceptors (Lipinski definition) is 5. The van der Waals surface area contributed by atoms with Crippen LogP contribution in [0.5, 0.6) is 11.5 Å². The van der Waals surface area contributed by atoms with Gasteiger partial charge in [0.05, 0.1) is 27.4 Å². The van der Waals surface area contributed by atoms with Gasteiger partial charge in [0.15, 0.2) is 5.96 Å². The van der Waals surface area contributed by atoms with Crippen molar-refractivity contribution in [1.82, 2.24) is 15.5 Å². The van der Waals surface area contributed by atoms with Gasteiger partial charge < -0.3 is 25.2 Å². The normalized spacial score (nSPS) is 18.2. The van der Waals surface area contributed by atoms with Gasteiger partial charge in [0.2, 0.25) is 0 Å². The van der Waals surface area contributed by atoms with Crippen molar-refractivity contribution in [2.45, 2.75) is 25.9 Å². The molecule has 0 amide bonds. The Labute approximate surface area is 150 Å². The number of methoxy groups -OCH3 is 2. The third-order valence-corrected chi connectivity index (χ3v) is 4.14. The molecule has 1 atom stereocenters. The van der Waals surface area contributed by atoms with Gasteiger partial charge >= 0.3 is 0 Å². The second-order valence-corrected chi connectivity index (χ2v) is 6.07. The zero-order valence-corrected chi connectivity index (χ0v) is 15.4. The molecule has 1 heterocycles. The summed E-state index contributed by atoms with van der Waals surface area (Å²) in [5.74, 6) is 2.40. The summed E-state index contributed by atoms with van der Waals surface area (Å²) in [5, 5.41) is 15.6. The molecule has 1 aromatic carbocycles. The molecule has 1 aliphatic rings. The van der Waals surface area contributed by atoms with Gasteiger partial charge in [-0.3, -0.25) is 9.89 Å². The van der Waals surface area contributed by atoms with Crippen LogP contribution in [-0.4, -0.2) is 69.0 Å². The van der Waals surface area contributed by atoms with Crippen molar-refractivity contribution in [2.24, 2.45) is 4.99 Å². The molecule has 0 aromatic heterocycles. The standard InChI is InChI=1S/C18H30N4O3/c1-4-19-18(20-6-8-23)21-15-5-7-22(13-15)12-14-9-16(24-2)11-17(10-14)25-3/h9-11,15,23H,4-8,12-13H2,1-3H3,(H2,19,20,21). The molecule has 0 radical (unpaired) electrons. The molecule has 7 nitrogen and oxygen atoms in total. The molecular formula is C18H30N4O3. The fourth-order valence-corrected chi connectivity index (χ4v) is 2.99. The predicted octanol–water partition coefficient (Wildman–Crippen LogP) is 0.826. The van der Waals surface area contributed by atoms with Crippen molar-refractivity contribution >= 4 is 5.96 Å². The monoisotopic (exact) mass is 350 g/mol. The molecule has 140 valence electrons. The fraction of sp³-hybridized carbons (Fsp3) is 0.611. The summed E-state index contributed by atoms with van der Waals surface area (Å²) < 4.78 is 10.7. The number of aliphatic hydroxyl groups is 1. The maximum atomic E-state index is 8.94. The highest BCUT2D eigenvalue weighted by Gasteiger charge is 2.23. The summed E-state index contributed by atoms with van der Waals surface area (Å²) >= 11 is 0. The number of nitrogens with zero attached hydrogens (tertiary/aromatic N) is 2. The van der Waals surface area contributed by atoms with Crippen molar-refractivity contribution in [3.63, 3.8) is 0 Å². The minimum atomic E-state index is 0.0606. The maximum Gasteiger partial charge on any atom is 0.191 e. The van der Waals surface area contributed by atoms with E-state index in [0.717, 1.165) is 50.1 Å². The van der Waals surface area contributed by atoms with Gasteiger partial charge in [0.1, 0.15) is 11.5 Å². The Balaban J connectivity index is 1.92. The van der Waals surface area contributed by atoms with E-state index in [4.69, 9.17) is 14.6 Å². The van der Waals surface area contributed by atoms with Crippen molar-refractivity contribution < 1.29 is 14.6 Å². The molecule has 0 aliphatic carbocycles. The van der Waals surface area contributed by atoms with Crippen LogP contribution < -0.4 is 20.1 Å². The van der Waals surface area contributed by atoms with Gasteiger partial charge in [0, 0.05) is 38.3 Å². The third-order valence-electron chi connectivity index (χ3n) is 4.14. The van der Waals surface area contributed by atoms with E-state index in [9.17, 15) is 0 Å². The lowest BCUT2D eigenvalue weighted by Gasteiger charge is -2.19. The average molecular weight is 350 g/mol. The molecule has 3 N–H and O–H groups in total. The second-order valence-electron chi connectivity index (χ2n) is 6.07. The van der Waals surface area contributed by atoms with E-state index in [0.29, 0.717) is 12.6 Å². The summed E-state index contributed by atoms with van der Waals surface area (Å²) in [6.45, 7) is 6.14. The van der Waals surface area contributed by atoms with Crippen LogP contribution in [0.15, 0.2) is 23.2 Å². The first kappa shape index (κ1) is 19.3. The van der Waals surface area contributed by atoms with Crippen LogP contribution in [0.25, 0.3) is 0 Å². The number of rotatable bonds is 8. The summed E-state index contributed by atoms with van der Waals surface area (Å²) in [5.41, 5.74) is 1.18. The Hall–Kier alpha value is -1.99. The number of hydrogen-bond donors (Lipinski definition) is 3. The van der Waals surface area contributed by atoms with E-state index in [1.54, 1.807) is 14.2 Å². The molecule has 1 saturated heterocycles.